The van der Waals surface area contributed by atoms with Crippen LogP contribution in [0.15, 0.2) is 21.8 Å². The van der Waals surface area contributed by atoms with Crippen LogP contribution in [0.1, 0.15) is 12.6 Å². The minimum atomic E-state index is -1.30. The number of thioether (sulfide) groups is 1. The standard InChI is InChI=1S/C16H19N5O7S2/c1-6(22)28-3-7-4-29-14-10(13(24)21(14)11(7)15(25)26)19-12(23)9(20-27-2)8-5-30-16(17)18-8/h5,10,13-14,24H,3-4H2,1-2H3,(H2,17,18)(H,19,23)(H,25,26)/b20-9-. The number of ether oxygens (including phenoxy) is 1. The molecule has 14 heteroatoms. The second-order valence-corrected chi connectivity index (χ2v) is 8.25. The normalized spacial score (nSPS) is 23.4. The third kappa shape index (κ3) is 4.20. The van der Waals surface area contributed by atoms with Crippen molar-refractivity contribution in [3.63, 3.8) is 0 Å². The number of carbonyl (C=O) groups excluding carboxylic acids is 2. The number of fused-ring (bicyclic) bond motifs is 1. The van der Waals surface area contributed by atoms with Gasteiger partial charge in [0, 0.05) is 23.6 Å². The summed E-state index contributed by atoms with van der Waals surface area (Å²) >= 11 is 2.43. The summed E-state index contributed by atoms with van der Waals surface area (Å²) in [5.74, 6) is -2.19. The van der Waals surface area contributed by atoms with E-state index in [0.717, 1.165) is 11.3 Å². The lowest BCUT2D eigenvalue weighted by molar-refractivity contribution is -0.148. The van der Waals surface area contributed by atoms with E-state index in [1.165, 1.54) is 36.1 Å². The van der Waals surface area contributed by atoms with Gasteiger partial charge in [0.05, 0.1) is 0 Å². The molecule has 0 aromatic carbocycles. The van der Waals surface area contributed by atoms with Crippen LogP contribution in [0.2, 0.25) is 0 Å². The second kappa shape index (κ2) is 8.89. The number of hydrogen-bond donors (Lipinski definition) is 4. The Bertz CT molecular complexity index is 931. The number of aliphatic carboxylic acids is 1. The van der Waals surface area contributed by atoms with E-state index in [9.17, 15) is 24.6 Å². The van der Waals surface area contributed by atoms with Crippen molar-refractivity contribution in [2.75, 3.05) is 25.2 Å². The number of anilines is 1. The lowest BCUT2D eigenvalue weighted by Crippen LogP contribution is -2.73. The molecular weight excluding hydrogens is 438 g/mol. The minimum Gasteiger partial charge on any atom is -0.477 e. The third-order valence-electron chi connectivity index (χ3n) is 4.32. The monoisotopic (exact) mass is 457 g/mol. The van der Waals surface area contributed by atoms with Crippen molar-refractivity contribution in [3.8, 4) is 0 Å². The fourth-order valence-corrected chi connectivity index (χ4v) is 4.99. The number of amides is 1. The van der Waals surface area contributed by atoms with Crippen molar-refractivity contribution in [1.29, 1.82) is 0 Å². The smallest absolute Gasteiger partial charge is 0.352 e. The van der Waals surface area contributed by atoms with Gasteiger partial charge in [-0.2, -0.15) is 0 Å². The van der Waals surface area contributed by atoms with Gasteiger partial charge in [-0.25, -0.2) is 9.78 Å². The Balaban J connectivity index is 1.76. The van der Waals surface area contributed by atoms with E-state index < -0.39 is 35.5 Å². The lowest BCUT2D eigenvalue weighted by atomic mass is 10.0. The Morgan fingerprint density at radius 3 is 2.77 bits per heavy atom. The van der Waals surface area contributed by atoms with Crippen LogP contribution >= 0.6 is 23.1 Å². The molecule has 30 heavy (non-hydrogen) atoms. The Morgan fingerprint density at radius 2 is 2.20 bits per heavy atom. The number of thiazole rings is 1. The molecule has 2 aliphatic heterocycles. The highest BCUT2D eigenvalue weighted by atomic mass is 32.2. The molecule has 0 spiro atoms. The topological polar surface area (TPSA) is 177 Å². The number of aromatic nitrogens is 1. The van der Waals surface area contributed by atoms with Crippen molar-refractivity contribution in [2.24, 2.45) is 5.16 Å². The van der Waals surface area contributed by atoms with E-state index in [1.54, 1.807) is 0 Å². The van der Waals surface area contributed by atoms with Crippen LogP contribution in [-0.4, -0.2) is 80.8 Å². The minimum absolute atomic E-state index is 0.124. The van der Waals surface area contributed by atoms with Crippen LogP contribution in [0.4, 0.5) is 5.13 Å². The zero-order chi connectivity index (χ0) is 22.0. The number of esters is 1. The van der Waals surface area contributed by atoms with E-state index in [4.69, 9.17) is 15.3 Å². The van der Waals surface area contributed by atoms with Gasteiger partial charge in [-0.1, -0.05) is 5.16 Å². The molecule has 0 radical (unpaired) electrons. The molecule has 1 fully saturated rings. The summed E-state index contributed by atoms with van der Waals surface area (Å²) in [6, 6.07) is -0.773. The Kier molecular flexibility index (Phi) is 6.48. The third-order valence-corrected chi connectivity index (χ3v) is 6.37. The first-order valence-electron chi connectivity index (χ1n) is 8.54. The predicted octanol–water partition coefficient (Wildman–Crippen LogP) is -0.831. The fraction of sp³-hybridized carbons (Fsp3) is 0.438. The van der Waals surface area contributed by atoms with Crippen LogP contribution in [0.25, 0.3) is 0 Å². The number of carbonyl (C=O) groups is 3. The van der Waals surface area contributed by atoms with Crippen LogP contribution in [-0.2, 0) is 24.0 Å². The van der Waals surface area contributed by atoms with Crippen LogP contribution in [0.5, 0.6) is 0 Å². The molecular formula is C16H19N5O7S2. The summed E-state index contributed by atoms with van der Waals surface area (Å²) in [7, 11) is 1.27. The van der Waals surface area contributed by atoms with Gasteiger partial charge in [-0.3, -0.25) is 9.59 Å². The zero-order valence-electron chi connectivity index (χ0n) is 15.9. The molecule has 1 aromatic heterocycles. The highest BCUT2D eigenvalue weighted by Crippen LogP contribution is 2.42. The molecule has 3 rings (SSSR count). The van der Waals surface area contributed by atoms with Gasteiger partial charge in [-0.15, -0.1) is 23.1 Å². The molecule has 3 unspecified atom stereocenters. The van der Waals surface area contributed by atoms with E-state index in [-0.39, 0.29) is 34.6 Å². The number of nitrogens with two attached hydrogens (primary N) is 1. The number of hydrogen-bond acceptors (Lipinski definition) is 12. The molecule has 0 bridgehead atoms. The number of oxime groups is 1. The molecule has 162 valence electrons. The maximum Gasteiger partial charge on any atom is 0.352 e. The van der Waals surface area contributed by atoms with E-state index >= 15 is 0 Å². The van der Waals surface area contributed by atoms with Crippen molar-refractivity contribution < 1.29 is 34.2 Å². The van der Waals surface area contributed by atoms with Gasteiger partial charge < -0.3 is 35.7 Å². The molecule has 3 atom stereocenters. The quantitative estimate of drug-likeness (QED) is 0.228. The molecule has 2 aliphatic rings. The summed E-state index contributed by atoms with van der Waals surface area (Å²) in [4.78, 5) is 45.5. The molecule has 1 aromatic rings. The highest BCUT2D eigenvalue weighted by molar-refractivity contribution is 8.00. The molecule has 0 aliphatic carbocycles. The largest absolute Gasteiger partial charge is 0.477 e. The highest BCUT2D eigenvalue weighted by Gasteiger charge is 2.54. The summed E-state index contributed by atoms with van der Waals surface area (Å²) < 4.78 is 4.91. The van der Waals surface area contributed by atoms with Gasteiger partial charge >= 0.3 is 11.9 Å². The Hall–Kier alpha value is -2.84. The average Bonchev–Trinajstić information content (AvgIpc) is 3.13. The number of aliphatic hydroxyl groups excluding tert-OH is 1. The van der Waals surface area contributed by atoms with Gasteiger partial charge in [0.2, 0.25) is 0 Å². The maximum atomic E-state index is 12.7. The van der Waals surface area contributed by atoms with Crippen molar-refractivity contribution >= 4 is 51.8 Å². The number of aliphatic hydroxyl groups is 1. The maximum absolute atomic E-state index is 12.7. The van der Waals surface area contributed by atoms with E-state index in [0.29, 0.717) is 5.57 Å². The van der Waals surface area contributed by atoms with Crippen molar-refractivity contribution in [3.05, 3.63) is 22.3 Å². The second-order valence-electron chi connectivity index (χ2n) is 6.25. The number of nitrogens with one attached hydrogen (secondary N) is 1. The summed E-state index contributed by atoms with van der Waals surface area (Å²) in [6.07, 6.45) is -1.30. The van der Waals surface area contributed by atoms with Crippen molar-refractivity contribution in [1.82, 2.24) is 15.2 Å². The Morgan fingerprint density at radius 1 is 1.47 bits per heavy atom. The number of nitrogens with zero attached hydrogens (tertiary/aromatic N) is 3. The molecule has 5 N–H and O–H groups in total. The lowest BCUT2D eigenvalue weighted by Gasteiger charge is -2.55. The first-order chi connectivity index (χ1) is 14.2. The van der Waals surface area contributed by atoms with Crippen molar-refractivity contribution in [2.45, 2.75) is 24.6 Å². The first kappa shape index (κ1) is 21.9. The number of rotatable bonds is 7. The first-order valence-corrected chi connectivity index (χ1v) is 10.5. The molecule has 0 saturated carbocycles. The predicted molar refractivity (Wildman–Crippen MR) is 107 cm³/mol. The fourth-order valence-electron chi connectivity index (χ4n) is 3.04. The summed E-state index contributed by atoms with van der Waals surface area (Å²) in [6.45, 7) is 1.03. The van der Waals surface area contributed by atoms with Gasteiger partial charge in [0.1, 0.15) is 36.5 Å². The number of carboxylic acids is 1. The van der Waals surface area contributed by atoms with Crippen LogP contribution < -0.4 is 11.1 Å². The van der Waals surface area contributed by atoms with E-state index in [1.807, 2.05) is 0 Å². The van der Waals surface area contributed by atoms with Gasteiger partial charge in [0.25, 0.3) is 5.91 Å². The molecule has 3 heterocycles. The molecule has 1 amide bonds. The zero-order valence-corrected chi connectivity index (χ0v) is 17.5. The average molecular weight is 457 g/mol. The van der Waals surface area contributed by atoms with Gasteiger partial charge in [-0.05, 0) is 0 Å². The molecule has 1 saturated heterocycles. The Labute approximate surface area is 178 Å². The molecule has 12 nitrogen and oxygen atoms in total. The van der Waals surface area contributed by atoms with Crippen LogP contribution in [0.3, 0.4) is 0 Å². The SMILES string of the molecule is CO/N=C(\C(=O)NC1C(O)N2C(C(=O)O)=C(COC(C)=O)CSC12)c1csc(N)n1. The summed E-state index contributed by atoms with van der Waals surface area (Å²) in [5, 5.41) is 27.7. The number of nitrogen functional groups attached to an aromatic ring is 1. The van der Waals surface area contributed by atoms with Gasteiger partial charge in [0.15, 0.2) is 17.1 Å². The van der Waals surface area contributed by atoms with Crippen LogP contribution in [0, 0.1) is 0 Å². The van der Waals surface area contributed by atoms with E-state index in [2.05, 4.69) is 15.5 Å². The number of carboxylic acid groups (broad SMARTS) is 1. The summed E-state index contributed by atoms with van der Waals surface area (Å²) in [5.41, 5.74) is 5.91.